The molecular weight excluding hydrogens is 118 g/mol. The van der Waals surface area contributed by atoms with Crippen LogP contribution < -0.4 is 5.48 Å². The molecule has 0 radical (unpaired) electrons. The molecule has 0 aromatic rings. The summed E-state index contributed by atoms with van der Waals surface area (Å²) in [5, 5.41) is 0. The van der Waals surface area contributed by atoms with E-state index < -0.39 is 0 Å². The van der Waals surface area contributed by atoms with Crippen molar-refractivity contribution in [2.24, 2.45) is 5.92 Å². The highest BCUT2D eigenvalue weighted by atomic mass is 16.7. The van der Waals surface area contributed by atoms with E-state index in [0.29, 0.717) is 5.92 Å². The Balaban J connectivity index is 2.16. The molecule has 9 heavy (non-hydrogen) atoms. The van der Waals surface area contributed by atoms with Crippen LogP contribution in [-0.4, -0.2) is 13.2 Å². The van der Waals surface area contributed by atoms with E-state index in [9.17, 15) is 0 Å². The van der Waals surface area contributed by atoms with Gasteiger partial charge in [0.25, 0.3) is 0 Å². The monoisotopic (exact) mass is 127 g/mol. The second-order valence-corrected chi connectivity index (χ2v) is 2.34. The van der Waals surface area contributed by atoms with Gasteiger partial charge in [-0.25, -0.2) is 0 Å². The molecule has 2 aliphatic heterocycles. The van der Waals surface area contributed by atoms with E-state index in [4.69, 9.17) is 9.57 Å². The summed E-state index contributed by atoms with van der Waals surface area (Å²) in [6.45, 7) is 1.63. The summed E-state index contributed by atoms with van der Waals surface area (Å²) in [4.78, 5) is 4.99. The predicted octanol–water partition coefficient (Wildman–Crippen LogP) is 0.399. The van der Waals surface area contributed by atoms with Crippen LogP contribution in [0.5, 0.6) is 0 Å². The fraction of sp³-hybridized carbons (Fsp3) is 0.667. The summed E-state index contributed by atoms with van der Waals surface area (Å²) in [7, 11) is 0. The predicted molar refractivity (Wildman–Crippen MR) is 31.2 cm³/mol. The van der Waals surface area contributed by atoms with Crippen molar-refractivity contribution in [3.8, 4) is 0 Å². The molecule has 2 heterocycles. The van der Waals surface area contributed by atoms with Crippen LogP contribution in [0.25, 0.3) is 0 Å². The minimum Gasteiger partial charge on any atom is -0.499 e. The first kappa shape index (κ1) is 5.11. The second-order valence-electron chi connectivity index (χ2n) is 2.34. The quantitative estimate of drug-likeness (QED) is 0.511. The average molecular weight is 127 g/mol. The van der Waals surface area contributed by atoms with E-state index in [1.807, 2.05) is 0 Å². The van der Waals surface area contributed by atoms with Gasteiger partial charge in [0.1, 0.15) is 6.26 Å². The molecule has 50 valence electrons. The Morgan fingerprint density at radius 2 is 2.67 bits per heavy atom. The molecule has 3 nitrogen and oxygen atoms in total. The molecule has 0 bridgehead atoms. The molecule has 0 aromatic heterocycles. The number of hydrogen-bond donors (Lipinski definition) is 1. The highest BCUT2D eigenvalue weighted by Gasteiger charge is 2.24. The maximum absolute atomic E-state index is 5.08. The third-order valence-corrected chi connectivity index (χ3v) is 1.71. The van der Waals surface area contributed by atoms with Gasteiger partial charge in [0, 0.05) is 5.92 Å². The second kappa shape index (κ2) is 1.92. The van der Waals surface area contributed by atoms with Crippen LogP contribution >= 0.6 is 0 Å². The van der Waals surface area contributed by atoms with Gasteiger partial charge in [-0.2, -0.15) is 0 Å². The van der Waals surface area contributed by atoms with Crippen molar-refractivity contribution >= 4 is 0 Å². The van der Waals surface area contributed by atoms with E-state index in [2.05, 4.69) is 5.48 Å². The Labute approximate surface area is 53.6 Å². The van der Waals surface area contributed by atoms with Crippen LogP contribution in [0.4, 0.5) is 0 Å². The zero-order valence-electron chi connectivity index (χ0n) is 5.09. The van der Waals surface area contributed by atoms with Gasteiger partial charge in [-0.15, -0.1) is 0 Å². The van der Waals surface area contributed by atoms with Crippen LogP contribution in [-0.2, 0) is 9.57 Å². The van der Waals surface area contributed by atoms with Crippen molar-refractivity contribution in [3.63, 3.8) is 0 Å². The molecule has 1 unspecified atom stereocenters. The van der Waals surface area contributed by atoms with Crippen molar-refractivity contribution in [3.05, 3.63) is 12.0 Å². The minimum absolute atomic E-state index is 0.568. The van der Waals surface area contributed by atoms with Gasteiger partial charge in [-0.3, -0.25) is 10.3 Å². The van der Waals surface area contributed by atoms with E-state index in [1.54, 1.807) is 6.26 Å². The Morgan fingerprint density at radius 1 is 1.67 bits per heavy atom. The van der Waals surface area contributed by atoms with Crippen LogP contribution in [0.3, 0.4) is 0 Å². The third kappa shape index (κ3) is 0.772. The Morgan fingerprint density at radius 3 is 3.56 bits per heavy atom. The molecule has 0 saturated carbocycles. The number of rotatable bonds is 0. The lowest BCUT2D eigenvalue weighted by atomic mass is 10.0. The lowest BCUT2D eigenvalue weighted by molar-refractivity contribution is 0.103. The number of nitrogens with one attached hydrogen (secondary N) is 1. The van der Waals surface area contributed by atoms with Crippen molar-refractivity contribution in [2.75, 3.05) is 13.2 Å². The van der Waals surface area contributed by atoms with Crippen LogP contribution in [0.1, 0.15) is 6.42 Å². The SMILES string of the molecule is C1=C2NOCC2CCO1. The summed E-state index contributed by atoms with van der Waals surface area (Å²) in [6, 6.07) is 0. The zero-order valence-corrected chi connectivity index (χ0v) is 5.09. The fourth-order valence-corrected chi connectivity index (χ4v) is 1.12. The fourth-order valence-electron chi connectivity index (χ4n) is 1.12. The molecule has 1 N–H and O–H groups in total. The number of ether oxygens (including phenoxy) is 1. The molecule has 1 saturated heterocycles. The highest BCUT2D eigenvalue weighted by molar-refractivity contribution is 5.04. The van der Waals surface area contributed by atoms with Gasteiger partial charge in [-0.05, 0) is 6.42 Å². The molecule has 0 spiro atoms. The average Bonchev–Trinajstić information content (AvgIpc) is 2.33. The summed E-state index contributed by atoms with van der Waals surface area (Å²) < 4.78 is 5.08. The van der Waals surface area contributed by atoms with Gasteiger partial charge < -0.3 is 4.74 Å². The maximum Gasteiger partial charge on any atom is 0.104 e. The van der Waals surface area contributed by atoms with Crippen LogP contribution in [0.15, 0.2) is 12.0 Å². The lowest BCUT2D eigenvalue weighted by Crippen LogP contribution is -2.13. The van der Waals surface area contributed by atoms with Gasteiger partial charge in [0.05, 0.1) is 18.9 Å². The topological polar surface area (TPSA) is 30.5 Å². The Kier molecular flexibility index (Phi) is 1.09. The molecule has 1 atom stereocenters. The first-order chi connectivity index (χ1) is 4.47. The van der Waals surface area contributed by atoms with Crippen molar-refractivity contribution in [2.45, 2.75) is 6.42 Å². The maximum atomic E-state index is 5.08. The van der Waals surface area contributed by atoms with Crippen molar-refractivity contribution in [1.29, 1.82) is 0 Å². The first-order valence-corrected chi connectivity index (χ1v) is 3.16. The van der Waals surface area contributed by atoms with E-state index in [0.717, 1.165) is 25.3 Å². The molecule has 2 rings (SSSR count). The highest BCUT2D eigenvalue weighted by Crippen LogP contribution is 2.22. The first-order valence-electron chi connectivity index (χ1n) is 3.16. The zero-order chi connectivity index (χ0) is 6.10. The third-order valence-electron chi connectivity index (χ3n) is 1.71. The number of hydroxylamine groups is 1. The molecule has 0 aliphatic carbocycles. The van der Waals surface area contributed by atoms with Gasteiger partial charge in [0.15, 0.2) is 0 Å². The summed E-state index contributed by atoms with van der Waals surface area (Å²) in [6.07, 6.45) is 2.83. The molecule has 0 aromatic carbocycles. The van der Waals surface area contributed by atoms with Gasteiger partial charge in [0.2, 0.25) is 0 Å². The molecule has 2 aliphatic rings. The summed E-state index contributed by atoms with van der Waals surface area (Å²) >= 11 is 0. The molecule has 0 amide bonds. The standard InChI is InChI=1S/C6H9NO2/c1-2-8-4-6-5(1)3-9-7-6/h4-5,7H,1-3H2. The minimum atomic E-state index is 0.568. The van der Waals surface area contributed by atoms with Crippen molar-refractivity contribution in [1.82, 2.24) is 5.48 Å². The van der Waals surface area contributed by atoms with E-state index in [-0.39, 0.29) is 0 Å². The largest absolute Gasteiger partial charge is 0.499 e. The van der Waals surface area contributed by atoms with E-state index >= 15 is 0 Å². The van der Waals surface area contributed by atoms with Crippen molar-refractivity contribution < 1.29 is 9.57 Å². The molecule has 1 fully saturated rings. The van der Waals surface area contributed by atoms with E-state index in [1.165, 1.54) is 0 Å². The Bertz CT molecular complexity index is 144. The number of fused-ring (bicyclic) bond motifs is 1. The molecule has 3 heteroatoms. The summed E-state index contributed by atoms with van der Waals surface area (Å²) in [5.41, 5.74) is 3.89. The smallest absolute Gasteiger partial charge is 0.104 e. The normalized spacial score (nSPS) is 32.0. The lowest BCUT2D eigenvalue weighted by Gasteiger charge is -2.13. The number of hydrogen-bond acceptors (Lipinski definition) is 3. The van der Waals surface area contributed by atoms with Gasteiger partial charge >= 0.3 is 0 Å². The van der Waals surface area contributed by atoms with Gasteiger partial charge in [-0.1, -0.05) is 0 Å². The van der Waals surface area contributed by atoms with Crippen LogP contribution in [0.2, 0.25) is 0 Å². The van der Waals surface area contributed by atoms with Crippen LogP contribution in [0, 0.1) is 5.92 Å². The summed E-state index contributed by atoms with van der Waals surface area (Å²) in [5.74, 6) is 0.568. The Hall–Kier alpha value is -0.700. The molecular formula is C6H9NO2.